The van der Waals surface area contributed by atoms with E-state index in [0.717, 1.165) is 6.54 Å². The Morgan fingerprint density at radius 2 is 2.00 bits per heavy atom. The average molecular weight is 254 g/mol. The Balaban J connectivity index is 1.73. The molecule has 3 heteroatoms. The molecule has 0 radical (unpaired) electrons. The first-order chi connectivity index (χ1) is 8.65. The number of methoxy groups -OCH3 is 1. The van der Waals surface area contributed by atoms with Crippen LogP contribution in [0.1, 0.15) is 52.4 Å². The number of hydrogen-bond acceptors (Lipinski definition) is 3. The summed E-state index contributed by atoms with van der Waals surface area (Å²) in [5.41, 5.74) is 0.171. The average Bonchev–Trinajstić information content (AvgIpc) is 2.54. The van der Waals surface area contributed by atoms with Crippen LogP contribution in [0.15, 0.2) is 0 Å². The molecule has 1 unspecified atom stereocenters. The predicted octanol–water partition coefficient (Wildman–Crippen LogP) is 2.41. The molecule has 18 heavy (non-hydrogen) atoms. The molecule has 1 aliphatic carbocycles. The fourth-order valence-corrected chi connectivity index (χ4v) is 3.19. The standard InChI is InChI=1S/C15H30N2O/c1-13(2)17-10-4-6-14(7-11-17)16-12-15(18-3)8-5-9-15/h13-14,16H,4-12H2,1-3H3. The van der Waals surface area contributed by atoms with Gasteiger partial charge in [0.15, 0.2) is 0 Å². The van der Waals surface area contributed by atoms with Gasteiger partial charge in [-0.05, 0) is 65.5 Å². The molecule has 0 aromatic carbocycles. The van der Waals surface area contributed by atoms with E-state index in [1.54, 1.807) is 0 Å². The molecule has 1 saturated carbocycles. The second-order valence-electron chi connectivity index (χ2n) is 6.38. The van der Waals surface area contributed by atoms with Crippen LogP contribution in [0.4, 0.5) is 0 Å². The zero-order valence-electron chi connectivity index (χ0n) is 12.4. The maximum atomic E-state index is 5.68. The van der Waals surface area contributed by atoms with Gasteiger partial charge in [0.05, 0.1) is 5.60 Å². The van der Waals surface area contributed by atoms with Gasteiger partial charge in [0.2, 0.25) is 0 Å². The minimum Gasteiger partial charge on any atom is -0.377 e. The molecule has 3 nitrogen and oxygen atoms in total. The Morgan fingerprint density at radius 1 is 1.22 bits per heavy atom. The molecule has 0 amide bonds. The van der Waals surface area contributed by atoms with Crippen molar-refractivity contribution in [2.75, 3.05) is 26.7 Å². The fourth-order valence-electron chi connectivity index (χ4n) is 3.19. The summed E-state index contributed by atoms with van der Waals surface area (Å²) in [6, 6.07) is 1.39. The van der Waals surface area contributed by atoms with Crippen LogP contribution in [0.25, 0.3) is 0 Å². The van der Waals surface area contributed by atoms with E-state index >= 15 is 0 Å². The Bertz CT molecular complexity index is 245. The highest BCUT2D eigenvalue weighted by Gasteiger charge is 2.37. The summed E-state index contributed by atoms with van der Waals surface area (Å²) in [6.45, 7) is 8.18. The third kappa shape index (κ3) is 3.46. The molecule has 0 aromatic heterocycles. The largest absolute Gasteiger partial charge is 0.377 e. The van der Waals surface area contributed by atoms with E-state index < -0.39 is 0 Å². The van der Waals surface area contributed by atoms with Crippen molar-refractivity contribution in [3.05, 3.63) is 0 Å². The fraction of sp³-hybridized carbons (Fsp3) is 1.00. The maximum Gasteiger partial charge on any atom is 0.0802 e. The molecule has 0 spiro atoms. The number of hydrogen-bond donors (Lipinski definition) is 1. The van der Waals surface area contributed by atoms with Crippen molar-refractivity contribution >= 4 is 0 Å². The third-order valence-corrected chi connectivity index (χ3v) is 4.90. The first-order valence-corrected chi connectivity index (χ1v) is 7.68. The highest BCUT2D eigenvalue weighted by molar-refractivity contribution is 4.92. The van der Waals surface area contributed by atoms with Gasteiger partial charge in [-0.25, -0.2) is 0 Å². The molecule has 1 saturated heterocycles. The quantitative estimate of drug-likeness (QED) is 0.815. The molecule has 2 aliphatic rings. The Kier molecular flexibility index (Phi) is 5.05. The zero-order valence-corrected chi connectivity index (χ0v) is 12.4. The molecule has 0 bridgehead atoms. The molecule has 1 atom stereocenters. The summed E-state index contributed by atoms with van der Waals surface area (Å²) in [4.78, 5) is 2.61. The van der Waals surface area contributed by atoms with E-state index in [9.17, 15) is 0 Å². The van der Waals surface area contributed by atoms with Crippen LogP contribution in [0.3, 0.4) is 0 Å². The van der Waals surface area contributed by atoms with Gasteiger partial charge in [-0.15, -0.1) is 0 Å². The van der Waals surface area contributed by atoms with Gasteiger partial charge >= 0.3 is 0 Å². The van der Waals surface area contributed by atoms with Crippen molar-refractivity contribution in [1.29, 1.82) is 0 Å². The number of nitrogens with one attached hydrogen (secondary N) is 1. The lowest BCUT2D eigenvalue weighted by molar-refractivity contribution is -0.0710. The van der Waals surface area contributed by atoms with Gasteiger partial charge in [0, 0.05) is 25.7 Å². The topological polar surface area (TPSA) is 24.5 Å². The van der Waals surface area contributed by atoms with E-state index in [-0.39, 0.29) is 5.60 Å². The summed E-state index contributed by atoms with van der Waals surface area (Å²) < 4.78 is 5.68. The van der Waals surface area contributed by atoms with Gasteiger partial charge < -0.3 is 15.0 Å². The van der Waals surface area contributed by atoms with E-state index in [1.807, 2.05) is 7.11 Å². The summed E-state index contributed by atoms with van der Waals surface area (Å²) in [5.74, 6) is 0. The minimum absolute atomic E-state index is 0.171. The number of ether oxygens (including phenoxy) is 1. The van der Waals surface area contributed by atoms with Crippen molar-refractivity contribution in [3.8, 4) is 0 Å². The summed E-state index contributed by atoms with van der Waals surface area (Å²) in [5, 5.41) is 3.76. The lowest BCUT2D eigenvalue weighted by Crippen LogP contribution is -2.50. The summed E-state index contributed by atoms with van der Waals surface area (Å²) >= 11 is 0. The van der Waals surface area contributed by atoms with E-state index in [0.29, 0.717) is 12.1 Å². The number of rotatable bonds is 5. The second kappa shape index (κ2) is 6.36. The molecule has 1 N–H and O–H groups in total. The molecule has 2 rings (SSSR count). The second-order valence-corrected chi connectivity index (χ2v) is 6.38. The van der Waals surface area contributed by atoms with Crippen molar-refractivity contribution < 1.29 is 4.74 Å². The lowest BCUT2D eigenvalue weighted by Gasteiger charge is -2.41. The molecular formula is C15H30N2O. The van der Waals surface area contributed by atoms with Gasteiger partial charge in [-0.1, -0.05) is 0 Å². The normalized spacial score (nSPS) is 29.0. The van der Waals surface area contributed by atoms with Crippen LogP contribution in [0.2, 0.25) is 0 Å². The Labute approximate surface area is 112 Å². The lowest BCUT2D eigenvalue weighted by atomic mass is 9.79. The Hall–Kier alpha value is -0.120. The summed E-state index contributed by atoms with van der Waals surface area (Å²) in [7, 11) is 1.87. The first-order valence-electron chi connectivity index (χ1n) is 7.68. The predicted molar refractivity (Wildman–Crippen MR) is 75.9 cm³/mol. The number of nitrogens with zero attached hydrogens (tertiary/aromatic N) is 1. The first kappa shape index (κ1) is 14.3. The zero-order chi connectivity index (χ0) is 13.0. The third-order valence-electron chi connectivity index (χ3n) is 4.90. The van der Waals surface area contributed by atoms with E-state index in [1.165, 1.54) is 51.6 Å². The van der Waals surface area contributed by atoms with Crippen LogP contribution in [-0.2, 0) is 4.74 Å². The number of likely N-dealkylation sites (tertiary alicyclic amines) is 1. The van der Waals surface area contributed by atoms with Crippen molar-refractivity contribution in [3.63, 3.8) is 0 Å². The maximum absolute atomic E-state index is 5.68. The molecule has 1 heterocycles. The van der Waals surface area contributed by atoms with E-state index in [2.05, 4.69) is 24.1 Å². The molecule has 1 aliphatic heterocycles. The molecule has 0 aromatic rings. The summed E-state index contributed by atoms with van der Waals surface area (Å²) in [6.07, 6.45) is 7.75. The van der Waals surface area contributed by atoms with Crippen LogP contribution < -0.4 is 5.32 Å². The van der Waals surface area contributed by atoms with E-state index in [4.69, 9.17) is 4.74 Å². The van der Waals surface area contributed by atoms with Crippen molar-refractivity contribution in [2.24, 2.45) is 0 Å². The molecule has 106 valence electrons. The smallest absolute Gasteiger partial charge is 0.0802 e. The van der Waals surface area contributed by atoms with Crippen LogP contribution >= 0.6 is 0 Å². The SMILES string of the molecule is COC1(CNC2CCCN(C(C)C)CC2)CCC1. The van der Waals surface area contributed by atoms with Gasteiger partial charge in [0.25, 0.3) is 0 Å². The van der Waals surface area contributed by atoms with Crippen LogP contribution in [0.5, 0.6) is 0 Å². The highest BCUT2D eigenvalue weighted by Crippen LogP contribution is 2.34. The van der Waals surface area contributed by atoms with Crippen molar-refractivity contribution in [1.82, 2.24) is 10.2 Å². The van der Waals surface area contributed by atoms with Gasteiger partial charge in [0.1, 0.15) is 0 Å². The monoisotopic (exact) mass is 254 g/mol. The molecular weight excluding hydrogens is 224 g/mol. The van der Waals surface area contributed by atoms with Crippen LogP contribution in [-0.4, -0.2) is 49.3 Å². The molecule has 2 fully saturated rings. The minimum atomic E-state index is 0.171. The van der Waals surface area contributed by atoms with Gasteiger partial charge in [-0.2, -0.15) is 0 Å². The van der Waals surface area contributed by atoms with Crippen LogP contribution in [0, 0.1) is 0 Å². The highest BCUT2D eigenvalue weighted by atomic mass is 16.5. The Morgan fingerprint density at radius 3 is 2.56 bits per heavy atom. The van der Waals surface area contributed by atoms with Gasteiger partial charge in [-0.3, -0.25) is 0 Å². The van der Waals surface area contributed by atoms with Crippen molar-refractivity contribution in [2.45, 2.75) is 70.1 Å².